The van der Waals surface area contributed by atoms with Gasteiger partial charge < -0.3 is 19.7 Å². The standard InChI is InChI=1S/C22H29N3O2/c1-23-22(25-13-12-20(17-25)19-6-4-3-5-7-19)24-16-18-8-10-21(11-9-18)27-15-14-26-2/h3-11,20H,12-17H2,1-2H3,(H,23,24). The maximum atomic E-state index is 5.61. The molecule has 1 heterocycles. The fraction of sp³-hybridized carbons (Fsp3) is 0.409. The highest BCUT2D eigenvalue weighted by molar-refractivity contribution is 5.80. The van der Waals surface area contributed by atoms with Crippen LogP contribution in [0.5, 0.6) is 5.75 Å². The Morgan fingerprint density at radius 2 is 1.89 bits per heavy atom. The fourth-order valence-electron chi connectivity index (χ4n) is 3.41. The van der Waals surface area contributed by atoms with E-state index >= 15 is 0 Å². The van der Waals surface area contributed by atoms with Crippen LogP contribution in [0.4, 0.5) is 0 Å². The molecular weight excluding hydrogens is 338 g/mol. The van der Waals surface area contributed by atoms with E-state index in [2.05, 4.69) is 57.7 Å². The molecule has 1 N–H and O–H groups in total. The van der Waals surface area contributed by atoms with Crippen molar-refractivity contribution in [1.82, 2.24) is 10.2 Å². The van der Waals surface area contributed by atoms with Crippen molar-refractivity contribution in [2.75, 3.05) is 40.5 Å². The van der Waals surface area contributed by atoms with Gasteiger partial charge in [-0.05, 0) is 29.7 Å². The quantitative estimate of drug-likeness (QED) is 0.463. The van der Waals surface area contributed by atoms with Gasteiger partial charge in [0, 0.05) is 39.7 Å². The summed E-state index contributed by atoms with van der Waals surface area (Å²) < 4.78 is 10.6. The number of nitrogens with zero attached hydrogens (tertiary/aromatic N) is 2. The van der Waals surface area contributed by atoms with Crippen molar-refractivity contribution in [3.63, 3.8) is 0 Å². The summed E-state index contributed by atoms with van der Waals surface area (Å²) in [5, 5.41) is 3.49. The van der Waals surface area contributed by atoms with Crippen LogP contribution in [-0.2, 0) is 11.3 Å². The molecule has 0 aromatic heterocycles. The van der Waals surface area contributed by atoms with Crippen LogP contribution in [0.3, 0.4) is 0 Å². The van der Waals surface area contributed by atoms with Crippen LogP contribution in [0.2, 0.25) is 0 Å². The number of hydrogen-bond acceptors (Lipinski definition) is 3. The first-order valence-corrected chi connectivity index (χ1v) is 9.51. The van der Waals surface area contributed by atoms with Gasteiger partial charge >= 0.3 is 0 Å². The van der Waals surface area contributed by atoms with E-state index < -0.39 is 0 Å². The molecule has 1 atom stereocenters. The molecule has 1 fully saturated rings. The van der Waals surface area contributed by atoms with E-state index in [1.54, 1.807) is 7.11 Å². The predicted molar refractivity (Wildman–Crippen MR) is 109 cm³/mol. The monoisotopic (exact) mass is 367 g/mol. The molecule has 1 unspecified atom stereocenters. The average molecular weight is 367 g/mol. The van der Waals surface area contributed by atoms with Crippen molar-refractivity contribution in [2.45, 2.75) is 18.9 Å². The number of hydrogen-bond donors (Lipinski definition) is 1. The summed E-state index contributed by atoms with van der Waals surface area (Å²) in [7, 11) is 3.53. The Balaban J connectivity index is 1.49. The summed E-state index contributed by atoms with van der Waals surface area (Å²) in [4.78, 5) is 6.82. The van der Waals surface area contributed by atoms with E-state index in [1.807, 2.05) is 19.2 Å². The summed E-state index contributed by atoms with van der Waals surface area (Å²) in [6.45, 7) is 3.96. The molecule has 144 valence electrons. The smallest absolute Gasteiger partial charge is 0.193 e. The van der Waals surface area contributed by atoms with E-state index in [9.17, 15) is 0 Å². The number of methoxy groups -OCH3 is 1. The Morgan fingerprint density at radius 3 is 2.59 bits per heavy atom. The first-order valence-electron chi connectivity index (χ1n) is 9.51. The lowest BCUT2D eigenvalue weighted by molar-refractivity contribution is 0.146. The maximum Gasteiger partial charge on any atom is 0.193 e. The van der Waals surface area contributed by atoms with Crippen LogP contribution in [0.15, 0.2) is 59.6 Å². The van der Waals surface area contributed by atoms with Gasteiger partial charge in [-0.2, -0.15) is 0 Å². The Kier molecular flexibility index (Phi) is 7.11. The Labute approximate surface area is 162 Å². The van der Waals surface area contributed by atoms with Gasteiger partial charge in [0.2, 0.25) is 0 Å². The summed E-state index contributed by atoms with van der Waals surface area (Å²) >= 11 is 0. The van der Waals surface area contributed by atoms with E-state index in [-0.39, 0.29) is 0 Å². The molecule has 2 aromatic rings. The van der Waals surface area contributed by atoms with Crippen LogP contribution in [0.25, 0.3) is 0 Å². The highest BCUT2D eigenvalue weighted by Gasteiger charge is 2.25. The first kappa shape index (κ1) is 19.2. The molecule has 0 spiro atoms. The summed E-state index contributed by atoms with van der Waals surface area (Å²) in [5.41, 5.74) is 2.62. The van der Waals surface area contributed by atoms with E-state index in [1.165, 1.54) is 11.1 Å². The molecule has 27 heavy (non-hydrogen) atoms. The van der Waals surface area contributed by atoms with Gasteiger partial charge in [0.05, 0.1) is 6.61 Å². The third kappa shape index (κ3) is 5.47. The molecule has 5 nitrogen and oxygen atoms in total. The van der Waals surface area contributed by atoms with Crippen molar-refractivity contribution in [3.05, 3.63) is 65.7 Å². The van der Waals surface area contributed by atoms with Crippen LogP contribution in [0, 0.1) is 0 Å². The number of likely N-dealkylation sites (tertiary alicyclic amines) is 1. The topological polar surface area (TPSA) is 46.1 Å². The van der Waals surface area contributed by atoms with Gasteiger partial charge in [-0.3, -0.25) is 4.99 Å². The Hall–Kier alpha value is -2.53. The number of benzene rings is 2. The number of ether oxygens (including phenoxy) is 2. The molecular formula is C22H29N3O2. The number of guanidine groups is 1. The molecule has 1 saturated heterocycles. The summed E-state index contributed by atoms with van der Waals surface area (Å²) in [6, 6.07) is 18.9. The van der Waals surface area contributed by atoms with E-state index in [4.69, 9.17) is 9.47 Å². The Bertz CT molecular complexity index is 716. The third-order valence-corrected chi connectivity index (χ3v) is 4.90. The maximum absolute atomic E-state index is 5.61. The lowest BCUT2D eigenvalue weighted by Crippen LogP contribution is -2.39. The predicted octanol–water partition coefficient (Wildman–Crippen LogP) is 3.28. The number of rotatable bonds is 7. The van der Waals surface area contributed by atoms with E-state index in [0.29, 0.717) is 19.1 Å². The van der Waals surface area contributed by atoms with Gasteiger partial charge in [0.25, 0.3) is 0 Å². The van der Waals surface area contributed by atoms with Crippen molar-refractivity contribution >= 4 is 5.96 Å². The van der Waals surface area contributed by atoms with Crippen molar-refractivity contribution in [2.24, 2.45) is 4.99 Å². The van der Waals surface area contributed by atoms with Gasteiger partial charge in [-0.25, -0.2) is 0 Å². The minimum absolute atomic E-state index is 0.568. The Morgan fingerprint density at radius 1 is 1.11 bits per heavy atom. The third-order valence-electron chi connectivity index (χ3n) is 4.90. The molecule has 1 aliphatic heterocycles. The number of nitrogens with one attached hydrogen (secondary N) is 1. The molecule has 0 saturated carbocycles. The van der Waals surface area contributed by atoms with Gasteiger partial charge in [0.1, 0.15) is 12.4 Å². The van der Waals surface area contributed by atoms with E-state index in [0.717, 1.165) is 37.8 Å². The van der Waals surface area contributed by atoms with Crippen molar-refractivity contribution < 1.29 is 9.47 Å². The first-order chi connectivity index (χ1) is 13.3. The molecule has 5 heteroatoms. The molecule has 0 bridgehead atoms. The van der Waals surface area contributed by atoms with Gasteiger partial charge in [-0.15, -0.1) is 0 Å². The van der Waals surface area contributed by atoms with Crippen molar-refractivity contribution in [3.8, 4) is 5.75 Å². The zero-order chi connectivity index (χ0) is 18.9. The number of aliphatic imine (C=N–C) groups is 1. The minimum atomic E-state index is 0.568. The summed E-state index contributed by atoms with van der Waals surface area (Å²) in [6.07, 6.45) is 1.16. The zero-order valence-corrected chi connectivity index (χ0v) is 16.2. The van der Waals surface area contributed by atoms with Gasteiger partial charge in [-0.1, -0.05) is 42.5 Å². The van der Waals surface area contributed by atoms with Crippen LogP contribution in [-0.4, -0.2) is 51.3 Å². The van der Waals surface area contributed by atoms with Crippen molar-refractivity contribution in [1.29, 1.82) is 0 Å². The van der Waals surface area contributed by atoms with Crippen LogP contribution in [0.1, 0.15) is 23.5 Å². The average Bonchev–Trinajstić information content (AvgIpc) is 3.20. The zero-order valence-electron chi connectivity index (χ0n) is 16.2. The molecule has 0 radical (unpaired) electrons. The normalized spacial score (nSPS) is 17.2. The largest absolute Gasteiger partial charge is 0.491 e. The van der Waals surface area contributed by atoms with Crippen LogP contribution >= 0.6 is 0 Å². The second-order valence-electron chi connectivity index (χ2n) is 6.73. The lowest BCUT2D eigenvalue weighted by atomic mass is 9.99. The minimum Gasteiger partial charge on any atom is -0.491 e. The molecule has 0 amide bonds. The van der Waals surface area contributed by atoms with Gasteiger partial charge in [0.15, 0.2) is 5.96 Å². The second kappa shape index (κ2) is 9.97. The SMILES string of the molecule is CN=C(NCc1ccc(OCCOC)cc1)N1CCC(c2ccccc2)C1. The second-order valence-corrected chi connectivity index (χ2v) is 6.73. The molecule has 1 aliphatic rings. The highest BCUT2D eigenvalue weighted by Crippen LogP contribution is 2.26. The summed E-state index contributed by atoms with van der Waals surface area (Å²) in [5.74, 6) is 2.41. The highest BCUT2D eigenvalue weighted by atomic mass is 16.5. The lowest BCUT2D eigenvalue weighted by Gasteiger charge is -2.22. The molecule has 0 aliphatic carbocycles. The molecule has 2 aromatic carbocycles. The van der Waals surface area contributed by atoms with Crippen LogP contribution < -0.4 is 10.1 Å². The fourth-order valence-corrected chi connectivity index (χ4v) is 3.41. The molecule has 3 rings (SSSR count).